The van der Waals surface area contributed by atoms with Gasteiger partial charge in [-0.3, -0.25) is 0 Å². The maximum atomic E-state index is 10.8. The Morgan fingerprint density at radius 1 is 1.18 bits per heavy atom. The zero-order valence-corrected chi connectivity index (χ0v) is 11.8. The van der Waals surface area contributed by atoms with Crippen LogP contribution in [-0.4, -0.2) is 29.2 Å². The highest BCUT2D eigenvalue weighted by molar-refractivity contribution is 4.91. The highest BCUT2D eigenvalue weighted by Gasteiger charge is 2.45. The number of ether oxygens (including phenoxy) is 2. The Morgan fingerprint density at radius 2 is 1.71 bits per heavy atom. The predicted molar refractivity (Wildman–Crippen MR) is 68.9 cm³/mol. The van der Waals surface area contributed by atoms with Crippen molar-refractivity contribution in [2.24, 2.45) is 0 Å². The van der Waals surface area contributed by atoms with Crippen LogP contribution in [0.4, 0.5) is 0 Å². The first-order valence-corrected chi connectivity index (χ1v) is 6.97. The van der Waals surface area contributed by atoms with Crippen LogP contribution < -0.4 is 0 Å². The highest BCUT2D eigenvalue weighted by Crippen LogP contribution is 2.35. The number of aliphatic hydroxyl groups is 1. The highest BCUT2D eigenvalue weighted by atomic mass is 16.7. The average Bonchev–Trinajstić information content (AvgIpc) is 2.65. The molecule has 3 heteroatoms. The Balaban J connectivity index is 2.62. The van der Waals surface area contributed by atoms with Gasteiger partial charge in [0.25, 0.3) is 0 Å². The molecule has 1 N–H and O–H groups in total. The molecule has 3 nitrogen and oxygen atoms in total. The van der Waals surface area contributed by atoms with E-state index in [-0.39, 0.29) is 6.10 Å². The molecule has 0 bridgehead atoms. The molecule has 0 aromatic heterocycles. The molecule has 0 radical (unpaired) electrons. The van der Waals surface area contributed by atoms with Crippen molar-refractivity contribution in [3.8, 4) is 0 Å². The Bertz CT molecular complexity index is 218. The van der Waals surface area contributed by atoms with E-state index in [9.17, 15) is 5.11 Å². The van der Waals surface area contributed by atoms with Crippen molar-refractivity contribution in [2.75, 3.05) is 6.61 Å². The molecule has 1 rings (SSSR count). The van der Waals surface area contributed by atoms with Gasteiger partial charge >= 0.3 is 0 Å². The minimum Gasteiger partial charge on any atom is -0.387 e. The molecule has 1 saturated heterocycles. The topological polar surface area (TPSA) is 38.7 Å². The molecule has 1 fully saturated rings. The molecule has 1 heterocycles. The first kappa shape index (κ1) is 14.9. The second-order valence-corrected chi connectivity index (χ2v) is 5.63. The molecule has 0 aromatic carbocycles. The molecule has 0 aliphatic carbocycles. The molecule has 0 amide bonds. The fourth-order valence-corrected chi connectivity index (χ4v) is 2.36. The lowest BCUT2D eigenvalue weighted by atomic mass is 9.86. The van der Waals surface area contributed by atoms with E-state index in [1.54, 1.807) is 0 Å². The smallest absolute Gasteiger partial charge is 0.163 e. The largest absolute Gasteiger partial charge is 0.387 e. The minimum absolute atomic E-state index is 0.171. The van der Waals surface area contributed by atoms with Gasteiger partial charge in [-0.15, -0.1) is 0 Å². The van der Waals surface area contributed by atoms with Gasteiger partial charge in [0, 0.05) is 0 Å². The van der Waals surface area contributed by atoms with Gasteiger partial charge in [0.05, 0.1) is 12.2 Å². The molecule has 1 aliphatic heterocycles. The van der Waals surface area contributed by atoms with Crippen molar-refractivity contribution in [3.63, 3.8) is 0 Å². The molecule has 0 saturated carbocycles. The first-order chi connectivity index (χ1) is 7.93. The van der Waals surface area contributed by atoms with Gasteiger partial charge in [0.2, 0.25) is 0 Å². The zero-order valence-electron chi connectivity index (χ0n) is 11.8. The van der Waals surface area contributed by atoms with E-state index in [1.807, 2.05) is 13.8 Å². The first-order valence-electron chi connectivity index (χ1n) is 6.97. The van der Waals surface area contributed by atoms with E-state index in [2.05, 4.69) is 13.8 Å². The fourth-order valence-electron chi connectivity index (χ4n) is 2.36. The molecule has 102 valence electrons. The third-order valence-electron chi connectivity index (χ3n) is 3.53. The monoisotopic (exact) mass is 244 g/mol. The van der Waals surface area contributed by atoms with Crippen LogP contribution in [0.15, 0.2) is 0 Å². The van der Waals surface area contributed by atoms with E-state index in [0.29, 0.717) is 6.61 Å². The standard InChI is InChI=1S/C14H28O3/c1-5-7-9-14(15,10-8-6-2)12-11-16-13(3,4)17-12/h12,15H,5-11H2,1-4H3/t12-/m0/s1. The van der Waals surface area contributed by atoms with Gasteiger partial charge < -0.3 is 14.6 Å². The van der Waals surface area contributed by atoms with Crippen molar-refractivity contribution < 1.29 is 14.6 Å². The second kappa shape index (κ2) is 6.17. The Kier molecular flexibility index (Phi) is 5.42. The van der Waals surface area contributed by atoms with Gasteiger partial charge in [-0.25, -0.2) is 0 Å². The molecule has 17 heavy (non-hydrogen) atoms. The molecule has 0 spiro atoms. The third-order valence-corrected chi connectivity index (χ3v) is 3.53. The maximum Gasteiger partial charge on any atom is 0.163 e. The van der Waals surface area contributed by atoms with Gasteiger partial charge in [0.15, 0.2) is 5.79 Å². The van der Waals surface area contributed by atoms with Crippen molar-refractivity contribution in [2.45, 2.75) is 83.7 Å². The van der Waals surface area contributed by atoms with E-state index in [4.69, 9.17) is 9.47 Å². The predicted octanol–water partition coefficient (Wildman–Crippen LogP) is 3.25. The molecule has 1 aliphatic rings. The lowest BCUT2D eigenvalue weighted by Crippen LogP contribution is -2.44. The molecule has 0 aromatic rings. The Morgan fingerprint density at radius 3 is 2.06 bits per heavy atom. The lowest BCUT2D eigenvalue weighted by Gasteiger charge is -2.33. The van der Waals surface area contributed by atoms with Crippen LogP contribution in [0.5, 0.6) is 0 Å². The van der Waals surface area contributed by atoms with Crippen molar-refractivity contribution >= 4 is 0 Å². The van der Waals surface area contributed by atoms with E-state index < -0.39 is 11.4 Å². The summed E-state index contributed by atoms with van der Waals surface area (Å²) in [5.74, 6) is -0.545. The number of unbranched alkanes of at least 4 members (excludes halogenated alkanes) is 2. The van der Waals surface area contributed by atoms with Crippen molar-refractivity contribution in [3.05, 3.63) is 0 Å². The van der Waals surface area contributed by atoms with Crippen LogP contribution in [0.2, 0.25) is 0 Å². The minimum atomic E-state index is -0.709. The van der Waals surface area contributed by atoms with Crippen LogP contribution in [0, 0.1) is 0 Å². The summed E-state index contributed by atoms with van der Waals surface area (Å²) in [5.41, 5.74) is -0.709. The van der Waals surface area contributed by atoms with Crippen LogP contribution in [0.3, 0.4) is 0 Å². The van der Waals surface area contributed by atoms with E-state index in [0.717, 1.165) is 38.5 Å². The number of hydrogen-bond acceptors (Lipinski definition) is 3. The summed E-state index contributed by atoms with van der Waals surface area (Å²) in [6.45, 7) is 8.63. The normalized spacial score (nSPS) is 24.2. The van der Waals surface area contributed by atoms with Crippen molar-refractivity contribution in [1.29, 1.82) is 0 Å². The van der Waals surface area contributed by atoms with E-state index >= 15 is 0 Å². The molecule has 0 unspecified atom stereocenters. The second-order valence-electron chi connectivity index (χ2n) is 5.63. The number of hydrogen-bond donors (Lipinski definition) is 1. The summed E-state index contributed by atoms with van der Waals surface area (Å²) in [6, 6.07) is 0. The molecule has 1 atom stereocenters. The van der Waals surface area contributed by atoms with Crippen molar-refractivity contribution in [1.82, 2.24) is 0 Å². The third kappa shape index (κ3) is 4.23. The lowest BCUT2D eigenvalue weighted by molar-refractivity contribution is -0.173. The van der Waals surface area contributed by atoms with Crippen LogP contribution >= 0.6 is 0 Å². The summed E-state index contributed by atoms with van der Waals surface area (Å²) in [4.78, 5) is 0. The average molecular weight is 244 g/mol. The van der Waals surface area contributed by atoms with Gasteiger partial charge in [-0.05, 0) is 26.7 Å². The Hall–Kier alpha value is -0.120. The van der Waals surface area contributed by atoms with Gasteiger partial charge in [-0.1, -0.05) is 39.5 Å². The SMILES string of the molecule is CCCCC(O)(CCCC)[C@@H]1COC(C)(C)O1. The zero-order chi connectivity index (χ0) is 12.9. The molecular weight excluding hydrogens is 216 g/mol. The Labute approximate surface area is 105 Å². The van der Waals surface area contributed by atoms with E-state index in [1.165, 1.54) is 0 Å². The summed E-state index contributed by atoms with van der Waals surface area (Å²) < 4.78 is 11.4. The fraction of sp³-hybridized carbons (Fsp3) is 1.00. The summed E-state index contributed by atoms with van der Waals surface area (Å²) in [5, 5.41) is 10.8. The summed E-state index contributed by atoms with van der Waals surface area (Å²) in [7, 11) is 0. The molecular formula is C14H28O3. The summed E-state index contributed by atoms with van der Waals surface area (Å²) in [6.07, 6.45) is 5.74. The van der Waals surface area contributed by atoms with Crippen LogP contribution in [-0.2, 0) is 9.47 Å². The van der Waals surface area contributed by atoms with Crippen LogP contribution in [0.1, 0.15) is 66.2 Å². The van der Waals surface area contributed by atoms with Gasteiger partial charge in [-0.2, -0.15) is 0 Å². The van der Waals surface area contributed by atoms with Crippen LogP contribution in [0.25, 0.3) is 0 Å². The summed E-state index contributed by atoms with van der Waals surface area (Å²) >= 11 is 0. The number of rotatable bonds is 7. The van der Waals surface area contributed by atoms with Gasteiger partial charge in [0.1, 0.15) is 6.10 Å². The maximum absolute atomic E-state index is 10.8. The quantitative estimate of drug-likeness (QED) is 0.747.